The first-order chi connectivity index (χ1) is 12.7. The molecule has 1 atom stereocenters. The number of carbonyl (C=O) groups excluding carboxylic acids is 1. The average Bonchev–Trinajstić information content (AvgIpc) is 2.91. The summed E-state index contributed by atoms with van der Waals surface area (Å²) in [6.07, 6.45) is 0. The van der Waals surface area contributed by atoms with Gasteiger partial charge >= 0.3 is 6.61 Å². The van der Waals surface area contributed by atoms with E-state index in [4.69, 9.17) is 4.74 Å². The lowest BCUT2D eigenvalue weighted by Crippen LogP contribution is -2.39. The Morgan fingerprint density at radius 3 is 2.59 bits per heavy atom. The minimum Gasteiger partial charge on any atom is -0.493 e. The average molecular weight is 399 g/mol. The predicted octanol–water partition coefficient (Wildman–Crippen LogP) is 3.83. The quantitative estimate of drug-likeness (QED) is 0.731. The van der Waals surface area contributed by atoms with Gasteiger partial charge in [-0.05, 0) is 45.5 Å². The van der Waals surface area contributed by atoms with Crippen LogP contribution >= 0.6 is 11.3 Å². The molecule has 0 aliphatic rings. The number of hydrogen-bond acceptors (Lipinski definition) is 6. The monoisotopic (exact) mass is 399 g/mol. The standard InChI is InChI=1S/C18H23F2N3O3S/c1-10-12(3)27-18(21-10)22-16(24)11(2)23(4)9-13-6-7-14(25-5)15(8-13)26-17(19)20/h6-8,11,17H,9H2,1-5H3,(H,21,22,24). The van der Waals surface area contributed by atoms with Gasteiger partial charge in [0, 0.05) is 11.4 Å². The molecule has 1 aromatic carbocycles. The van der Waals surface area contributed by atoms with E-state index in [1.165, 1.54) is 24.5 Å². The fourth-order valence-electron chi connectivity index (χ4n) is 2.37. The number of methoxy groups -OCH3 is 1. The third-order valence-electron chi connectivity index (χ3n) is 4.18. The number of thiazole rings is 1. The fraction of sp³-hybridized carbons (Fsp3) is 0.444. The Kier molecular flexibility index (Phi) is 7.09. The summed E-state index contributed by atoms with van der Waals surface area (Å²) in [6.45, 7) is 3.03. The summed E-state index contributed by atoms with van der Waals surface area (Å²) in [4.78, 5) is 19.6. The van der Waals surface area contributed by atoms with E-state index >= 15 is 0 Å². The zero-order chi connectivity index (χ0) is 20.1. The number of halogens is 2. The van der Waals surface area contributed by atoms with Crippen molar-refractivity contribution in [1.82, 2.24) is 9.88 Å². The molecule has 0 aliphatic heterocycles. The molecular formula is C18H23F2N3O3S. The topological polar surface area (TPSA) is 63.7 Å². The molecule has 9 heteroatoms. The first-order valence-corrected chi connectivity index (χ1v) is 9.09. The first kappa shape index (κ1) is 21.0. The second kappa shape index (κ2) is 9.09. The van der Waals surface area contributed by atoms with Crippen molar-refractivity contribution in [1.29, 1.82) is 0 Å². The number of ether oxygens (including phenoxy) is 2. The van der Waals surface area contributed by atoms with Crippen LogP contribution < -0.4 is 14.8 Å². The molecule has 6 nitrogen and oxygen atoms in total. The van der Waals surface area contributed by atoms with Crippen molar-refractivity contribution in [3.63, 3.8) is 0 Å². The number of aromatic nitrogens is 1. The lowest BCUT2D eigenvalue weighted by molar-refractivity contribution is -0.120. The number of anilines is 1. The number of rotatable bonds is 8. The van der Waals surface area contributed by atoms with Crippen LogP contribution in [0.4, 0.5) is 13.9 Å². The van der Waals surface area contributed by atoms with Crippen LogP contribution in [0.15, 0.2) is 18.2 Å². The molecule has 0 radical (unpaired) electrons. The van der Waals surface area contributed by atoms with Gasteiger partial charge in [0.2, 0.25) is 5.91 Å². The molecule has 0 saturated heterocycles. The molecule has 2 aromatic rings. The molecule has 0 aliphatic carbocycles. The zero-order valence-electron chi connectivity index (χ0n) is 15.9. The van der Waals surface area contributed by atoms with Crippen LogP contribution in [0.25, 0.3) is 0 Å². The predicted molar refractivity (Wildman–Crippen MR) is 101 cm³/mol. The number of carbonyl (C=O) groups is 1. The van der Waals surface area contributed by atoms with Gasteiger partial charge < -0.3 is 14.8 Å². The van der Waals surface area contributed by atoms with Crippen molar-refractivity contribution in [2.45, 2.75) is 40.0 Å². The number of likely N-dealkylation sites (N-methyl/N-ethyl adjacent to an activating group) is 1. The molecule has 148 valence electrons. The Labute approximate surface area is 161 Å². The highest BCUT2D eigenvalue weighted by Gasteiger charge is 2.20. The molecule has 1 heterocycles. The number of amides is 1. The first-order valence-electron chi connectivity index (χ1n) is 8.28. The zero-order valence-corrected chi connectivity index (χ0v) is 16.7. The van der Waals surface area contributed by atoms with Gasteiger partial charge in [-0.2, -0.15) is 8.78 Å². The molecule has 1 aromatic heterocycles. The minimum atomic E-state index is -2.94. The van der Waals surface area contributed by atoms with E-state index in [0.717, 1.165) is 16.1 Å². The van der Waals surface area contributed by atoms with Crippen LogP contribution in [-0.4, -0.2) is 42.6 Å². The number of aryl methyl sites for hydroxylation is 2. The van der Waals surface area contributed by atoms with Gasteiger partial charge in [-0.25, -0.2) is 4.98 Å². The van der Waals surface area contributed by atoms with Crippen LogP contribution in [0, 0.1) is 13.8 Å². The van der Waals surface area contributed by atoms with E-state index < -0.39 is 12.7 Å². The number of alkyl halides is 2. The van der Waals surface area contributed by atoms with E-state index in [9.17, 15) is 13.6 Å². The second-order valence-electron chi connectivity index (χ2n) is 6.10. The van der Waals surface area contributed by atoms with Crippen molar-refractivity contribution in [2.75, 3.05) is 19.5 Å². The van der Waals surface area contributed by atoms with Gasteiger partial charge in [-0.15, -0.1) is 11.3 Å². The fourth-order valence-corrected chi connectivity index (χ4v) is 3.19. The van der Waals surface area contributed by atoms with Crippen LogP contribution in [-0.2, 0) is 11.3 Å². The van der Waals surface area contributed by atoms with Gasteiger partial charge in [0.25, 0.3) is 0 Å². The summed E-state index contributed by atoms with van der Waals surface area (Å²) in [6, 6.07) is 4.34. The molecule has 0 fully saturated rings. The summed E-state index contributed by atoms with van der Waals surface area (Å²) in [7, 11) is 3.16. The summed E-state index contributed by atoms with van der Waals surface area (Å²) in [5.41, 5.74) is 1.61. The van der Waals surface area contributed by atoms with Gasteiger partial charge in [-0.1, -0.05) is 6.07 Å². The number of hydrogen-bond donors (Lipinski definition) is 1. The third kappa shape index (κ3) is 5.61. The lowest BCUT2D eigenvalue weighted by Gasteiger charge is -2.24. The maximum Gasteiger partial charge on any atom is 0.387 e. The van der Waals surface area contributed by atoms with Gasteiger partial charge in [0.05, 0.1) is 18.8 Å². The van der Waals surface area contributed by atoms with Crippen molar-refractivity contribution >= 4 is 22.4 Å². The Morgan fingerprint density at radius 2 is 2.04 bits per heavy atom. The van der Waals surface area contributed by atoms with Crippen LogP contribution in [0.5, 0.6) is 11.5 Å². The normalized spacial score (nSPS) is 12.3. The molecule has 1 unspecified atom stereocenters. The van der Waals surface area contributed by atoms with Gasteiger partial charge in [0.1, 0.15) is 0 Å². The minimum absolute atomic E-state index is 0.0377. The van der Waals surface area contributed by atoms with Crippen molar-refractivity contribution in [2.24, 2.45) is 0 Å². The smallest absolute Gasteiger partial charge is 0.387 e. The lowest BCUT2D eigenvalue weighted by atomic mass is 10.1. The summed E-state index contributed by atoms with van der Waals surface area (Å²) < 4.78 is 34.6. The Bertz CT molecular complexity index is 779. The molecule has 27 heavy (non-hydrogen) atoms. The number of nitrogens with zero attached hydrogens (tertiary/aromatic N) is 2. The molecular weight excluding hydrogens is 376 g/mol. The third-order valence-corrected chi connectivity index (χ3v) is 5.16. The van der Waals surface area contributed by atoms with E-state index in [1.54, 1.807) is 31.0 Å². The highest BCUT2D eigenvalue weighted by Crippen LogP contribution is 2.30. The SMILES string of the molecule is COc1ccc(CN(C)C(C)C(=O)Nc2nc(C)c(C)s2)cc1OC(F)F. The van der Waals surface area contributed by atoms with Gasteiger partial charge in [-0.3, -0.25) is 9.69 Å². The van der Waals surface area contributed by atoms with E-state index in [2.05, 4.69) is 15.0 Å². The van der Waals surface area contributed by atoms with Crippen LogP contribution in [0.2, 0.25) is 0 Å². The Hall–Kier alpha value is -2.26. The largest absolute Gasteiger partial charge is 0.493 e. The van der Waals surface area contributed by atoms with Crippen LogP contribution in [0.1, 0.15) is 23.1 Å². The summed E-state index contributed by atoms with van der Waals surface area (Å²) >= 11 is 1.42. The summed E-state index contributed by atoms with van der Waals surface area (Å²) in [5, 5.41) is 3.37. The van der Waals surface area contributed by atoms with E-state index in [-0.39, 0.29) is 17.4 Å². The number of nitrogens with one attached hydrogen (secondary N) is 1. The molecule has 0 spiro atoms. The molecule has 1 amide bonds. The maximum absolute atomic E-state index is 12.6. The van der Waals surface area contributed by atoms with E-state index in [1.807, 2.05) is 13.8 Å². The van der Waals surface area contributed by atoms with Crippen LogP contribution in [0.3, 0.4) is 0 Å². The second-order valence-corrected chi connectivity index (χ2v) is 7.31. The van der Waals surface area contributed by atoms with Gasteiger partial charge in [0.15, 0.2) is 16.6 Å². The Morgan fingerprint density at radius 1 is 1.33 bits per heavy atom. The van der Waals surface area contributed by atoms with E-state index in [0.29, 0.717) is 11.7 Å². The molecule has 0 bridgehead atoms. The maximum atomic E-state index is 12.6. The Balaban J connectivity index is 2.04. The van der Waals surface area contributed by atoms with Crippen molar-refractivity contribution < 1.29 is 23.0 Å². The van der Waals surface area contributed by atoms with Crippen molar-refractivity contribution in [3.05, 3.63) is 34.3 Å². The molecule has 2 rings (SSSR count). The summed E-state index contributed by atoms with van der Waals surface area (Å²) in [5.74, 6) is -0.00457. The highest BCUT2D eigenvalue weighted by atomic mass is 32.1. The molecule has 0 saturated carbocycles. The van der Waals surface area contributed by atoms with Crippen molar-refractivity contribution in [3.8, 4) is 11.5 Å². The molecule has 1 N–H and O–H groups in total. The highest BCUT2D eigenvalue weighted by molar-refractivity contribution is 7.15. The number of benzene rings is 1.